The molecule has 3 nitrogen and oxygen atoms in total. The highest BCUT2D eigenvalue weighted by molar-refractivity contribution is 14.1. The van der Waals surface area contributed by atoms with Gasteiger partial charge in [-0.3, -0.25) is 0 Å². The molecule has 4 heteroatoms. The zero-order valence-corrected chi connectivity index (χ0v) is 14.0. The molecule has 1 aromatic rings. The number of alkyl halides is 1. The number of ether oxygens (including phenoxy) is 1. The normalized spacial score (nSPS) is 11.2. The molecule has 0 aliphatic rings. The SMILES string of the molecule is CC(C)(C)OC(=O)N(CCCI)Cc1ccccc1. The van der Waals surface area contributed by atoms with E-state index in [4.69, 9.17) is 4.74 Å². The van der Waals surface area contributed by atoms with Crippen LogP contribution < -0.4 is 0 Å². The number of carbonyl (C=O) groups is 1. The first-order valence-electron chi connectivity index (χ1n) is 6.50. The van der Waals surface area contributed by atoms with Gasteiger partial charge in [-0.25, -0.2) is 4.79 Å². The second kappa shape index (κ2) is 7.72. The smallest absolute Gasteiger partial charge is 0.410 e. The first-order valence-corrected chi connectivity index (χ1v) is 8.03. The average Bonchev–Trinajstić information content (AvgIpc) is 2.33. The van der Waals surface area contributed by atoms with E-state index in [1.807, 2.05) is 51.1 Å². The van der Waals surface area contributed by atoms with Crippen LogP contribution in [0.1, 0.15) is 32.8 Å². The van der Waals surface area contributed by atoms with Gasteiger partial charge in [-0.05, 0) is 32.8 Å². The van der Waals surface area contributed by atoms with Crippen LogP contribution in [0.25, 0.3) is 0 Å². The lowest BCUT2D eigenvalue weighted by atomic mass is 10.2. The van der Waals surface area contributed by atoms with E-state index in [2.05, 4.69) is 22.6 Å². The molecule has 1 rings (SSSR count). The second-order valence-electron chi connectivity index (χ2n) is 5.43. The third-order valence-electron chi connectivity index (χ3n) is 2.43. The number of carbonyl (C=O) groups excluding carboxylic acids is 1. The van der Waals surface area contributed by atoms with Gasteiger partial charge in [0.15, 0.2) is 0 Å². The minimum absolute atomic E-state index is 0.235. The summed E-state index contributed by atoms with van der Waals surface area (Å²) in [5.74, 6) is 0. The highest BCUT2D eigenvalue weighted by Gasteiger charge is 2.21. The number of rotatable bonds is 5. The van der Waals surface area contributed by atoms with Crippen LogP contribution in [0.5, 0.6) is 0 Å². The highest BCUT2D eigenvalue weighted by Crippen LogP contribution is 2.13. The predicted molar refractivity (Wildman–Crippen MR) is 86.6 cm³/mol. The zero-order chi connectivity index (χ0) is 14.3. The molecule has 0 N–H and O–H groups in total. The summed E-state index contributed by atoms with van der Waals surface area (Å²) in [7, 11) is 0. The lowest BCUT2D eigenvalue weighted by Crippen LogP contribution is -2.37. The molecule has 0 aliphatic carbocycles. The van der Waals surface area contributed by atoms with Gasteiger partial charge in [0, 0.05) is 17.5 Å². The molecule has 0 aliphatic heterocycles. The van der Waals surface area contributed by atoms with Gasteiger partial charge in [0.25, 0.3) is 0 Å². The zero-order valence-electron chi connectivity index (χ0n) is 11.9. The number of amides is 1. The van der Waals surface area contributed by atoms with Crippen LogP contribution in [0, 0.1) is 0 Å². The number of halogens is 1. The Kier molecular flexibility index (Phi) is 6.62. The van der Waals surface area contributed by atoms with Crippen molar-refractivity contribution in [3.05, 3.63) is 35.9 Å². The van der Waals surface area contributed by atoms with Crippen LogP contribution in [0.3, 0.4) is 0 Å². The first-order chi connectivity index (χ1) is 8.92. The monoisotopic (exact) mass is 375 g/mol. The van der Waals surface area contributed by atoms with E-state index in [0.29, 0.717) is 6.54 Å². The summed E-state index contributed by atoms with van der Waals surface area (Å²) in [5.41, 5.74) is 0.679. The van der Waals surface area contributed by atoms with Gasteiger partial charge in [0.2, 0.25) is 0 Å². The lowest BCUT2D eigenvalue weighted by Gasteiger charge is -2.27. The average molecular weight is 375 g/mol. The molecule has 0 atom stereocenters. The standard InChI is InChI=1S/C15H22INO2/c1-15(2,3)19-14(18)17(11-7-10-16)12-13-8-5-4-6-9-13/h4-6,8-9H,7,10-12H2,1-3H3. The molecule has 0 saturated carbocycles. The van der Waals surface area contributed by atoms with Gasteiger partial charge in [-0.1, -0.05) is 52.9 Å². The molecule has 106 valence electrons. The van der Waals surface area contributed by atoms with Crippen molar-refractivity contribution in [2.24, 2.45) is 0 Å². The fraction of sp³-hybridized carbons (Fsp3) is 0.533. The summed E-state index contributed by atoms with van der Waals surface area (Å²) in [6.07, 6.45) is 0.744. The molecule has 0 heterocycles. The van der Waals surface area contributed by atoms with Crippen LogP contribution in [0.4, 0.5) is 4.79 Å². The van der Waals surface area contributed by atoms with Crippen molar-refractivity contribution < 1.29 is 9.53 Å². The van der Waals surface area contributed by atoms with Gasteiger partial charge in [0.05, 0.1) is 0 Å². The van der Waals surface area contributed by atoms with Crippen LogP contribution >= 0.6 is 22.6 Å². The van der Waals surface area contributed by atoms with Crippen LogP contribution in [-0.2, 0) is 11.3 Å². The van der Waals surface area contributed by atoms with Crippen LogP contribution in [-0.4, -0.2) is 27.6 Å². The van der Waals surface area contributed by atoms with Crippen molar-refractivity contribution in [2.75, 3.05) is 11.0 Å². The topological polar surface area (TPSA) is 29.5 Å². The summed E-state index contributed by atoms with van der Waals surface area (Å²) in [5, 5.41) is 0. The maximum Gasteiger partial charge on any atom is 0.410 e. The molecular weight excluding hydrogens is 353 g/mol. The van der Waals surface area contributed by atoms with Gasteiger partial charge >= 0.3 is 6.09 Å². The fourth-order valence-corrected chi connectivity index (χ4v) is 1.96. The van der Waals surface area contributed by atoms with Crippen LogP contribution in [0.2, 0.25) is 0 Å². The van der Waals surface area contributed by atoms with Gasteiger partial charge < -0.3 is 9.64 Å². The Hall–Kier alpha value is -0.780. The van der Waals surface area contributed by atoms with E-state index in [1.54, 1.807) is 4.90 Å². The summed E-state index contributed by atoms with van der Waals surface area (Å²) in [6.45, 7) is 7.01. The largest absolute Gasteiger partial charge is 0.444 e. The van der Waals surface area contributed by atoms with E-state index < -0.39 is 5.60 Å². The van der Waals surface area contributed by atoms with Crippen molar-refractivity contribution in [3.63, 3.8) is 0 Å². The summed E-state index contributed by atoms with van der Waals surface area (Å²) in [4.78, 5) is 13.9. The molecule has 1 amide bonds. The van der Waals surface area contributed by atoms with Crippen LogP contribution in [0.15, 0.2) is 30.3 Å². The summed E-state index contributed by atoms with van der Waals surface area (Å²) >= 11 is 2.32. The Morgan fingerprint density at radius 2 is 1.89 bits per heavy atom. The molecule has 0 unspecified atom stereocenters. The quantitative estimate of drug-likeness (QED) is 0.569. The van der Waals surface area contributed by atoms with Gasteiger partial charge in [-0.2, -0.15) is 0 Å². The minimum atomic E-state index is -0.448. The van der Waals surface area contributed by atoms with E-state index in [9.17, 15) is 4.79 Å². The number of hydrogen-bond donors (Lipinski definition) is 0. The molecule has 0 radical (unpaired) electrons. The molecule has 0 fully saturated rings. The van der Waals surface area contributed by atoms with E-state index in [0.717, 1.165) is 23.0 Å². The molecular formula is C15H22INO2. The summed E-state index contributed by atoms with van der Waals surface area (Å²) < 4.78 is 6.49. The summed E-state index contributed by atoms with van der Waals surface area (Å²) in [6, 6.07) is 10.0. The predicted octanol–water partition coefficient (Wildman–Crippen LogP) is 4.25. The Bertz CT molecular complexity index is 387. The first kappa shape index (κ1) is 16.3. The maximum atomic E-state index is 12.2. The molecule has 0 bridgehead atoms. The molecule has 0 spiro atoms. The Balaban J connectivity index is 2.68. The number of nitrogens with zero attached hydrogens (tertiary/aromatic N) is 1. The van der Waals surface area contributed by atoms with Crippen molar-refractivity contribution in [1.82, 2.24) is 4.90 Å². The third kappa shape index (κ3) is 6.80. The highest BCUT2D eigenvalue weighted by atomic mass is 127. The Morgan fingerprint density at radius 1 is 1.26 bits per heavy atom. The Labute approximate surface area is 129 Å². The van der Waals surface area contributed by atoms with E-state index in [1.165, 1.54) is 0 Å². The maximum absolute atomic E-state index is 12.2. The van der Waals surface area contributed by atoms with Crippen molar-refractivity contribution >= 4 is 28.7 Å². The molecule has 0 aromatic heterocycles. The van der Waals surface area contributed by atoms with Crippen molar-refractivity contribution in [2.45, 2.75) is 39.3 Å². The lowest BCUT2D eigenvalue weighted by molar-refractivity contribution is 0.0234. The molecule has 1 aromatic carbocycles. The molecule has 19 heavy (non-hydrogen) atoms. The van der Waals surface area contributed by atoms with Gasteiger partial charge in [0.1, 0.15) is 5.60 Å². The third-order valence-corrected chi connectivity index (χ3v) is 3.19. The van der Waals surface area contributed by atoms with E-state index in [-0.39, 0.29) is 6.09 Å². The minimum Gasteiger partial charge on any atom is -0.444 e. The fourth-order valence-electron chi connectivity index (χ4n) is 1.62. The number of hydrogen-bond acceptors (Lipinski definition) is 2. The number of benzene rings is 1. The van der Waals surface area contributed by atoms with Crippen molar-refractivity contribution in [3.8, 4) is 0 Å². The van der Waals surface area contributed by atoms with Crippen molar-refractivity contribution in [1.29, 1.82) is 0 Å². The van der Waals surface area contributed by atoms with E-state index >= 15 is 0 Å². The molecule has 0 saturated heterocycles. The Morgan fingerprint density at radius 3 is 2.42 bits per heavy atom. The second-order valence-corrected chi connectivity index (χ2v) is 6.51. The van der Waals surface area contributed by atoms with Gasteiger partial charge in [-0.15, -0.1) is 0 Å².